The first-order chi connectivity index (χ1) is 13.1. The molecule has 0 spiro atoms. The second-order valence-corrected chi connectivity index (χ2v) is 5.93. The third kappa shape index (κ3) is 3.32. The van der Waals surface area contributed by atoms with Crippen LogP contribution in [0.1, 0.15) is 0 Å². The Morgan fingerprint density at radius 3 is 2.44 bits per heavy atom. The van der Waals surface area contributed by atoms with Gasteiger partial charge in [-0.05, 0) is 42.0 Å². The first-order valence-electron chi connectivity index (χ1n) is 8.27. The van der Waals surface area contributed by atoms with Crippen LogP contribution in [0.4, 0.5) is 0 Å². The van der Waals surface area contributed by atoms with E-state index in [1.54, 1.807) is 24.5 Å². The lowest BCUT2D eigenvalue weighted by atomic mass is 10.0. The number of aromatic hydroxyl groups is 1. The molecule has 6 nitrogen and oxygen atoms in total. The zero-order valence-corrected chi connectivity index (χ0v) is 14.5. The number of methoxy groups -OCH3 is 1. The second kappa shape index (κ2) is 6.84. The molecule has 0 unspecified atom stereocenters. The van der Waals surface area contributed by atoms with Crippen molar-refractivity contribution in [3.63, 3.8) is 0 Å². The summed E-state index contributed by atoms with van der Waals surface area (Å²) in [5.41, 5.74) is 3.14. The van der Waals surface area contributed by atoms with Gasteiger partial charge in [0.1, 0.15) is 5.76 Å². The third-order valence-electron chi connectivity index (χ3n) is 4.22. The van der Waals surface area contributed by atoms with Crippen molar-refractivity contribution in [3.05, 3.63) is 77.4 Å². The number of benzene rings is 2. The highest BCUT2D eigenvalue weighted by Gasteiger charge is 2.10. The minimum absolute atomic E-state index is 0.0276. The summed E-state index contributed by atoms with van der Waals surface area (Å²) in [5, 5.41) is 9.75. The maximum atomic E-state index is 12.1. The van der Waals surface area contributed by atoms with E-state index in [4.69, 9.17) is 9.15 Å². The van der Waals surface area contributed by atoms with Crippen LogP contribution >= 0.6 is 0 Å². The Morgan fingerprint density at radius 1 is 1.00 bits per heavy atom. The summed E-state index contributed by atoms with van der Waals surface area (Å²) < 4.78 is 10.5. The van der Waals surface area contributed by atoms with Crippen LogP contribution in [-0.4, -0.2) is 22.2 Å². The molecule has 0 fully saturated rings. The maximum absolute atomic E-state index is 12.1. The number of nitrogens with one attached hydrogen (secondary N) is 1. The number of hydrogen-bond donors (Lipinski definition) is 2. The summed E-state index contributed by atoms with van der Waals surface area (Å²) in [6.07, 6.45) is 1.63. The van der Waals surface area contributed by atoms with Gasteiger partial charge in [0.05, 0.1) is 24.8 Å². The molecule has 2 heterocycles. The molecule has 0 amide bonds. The molecule has 2 N–H and O–H groups in total. The van der Waals surface area contributed by atoms with Gasteiger partial charge >= 0.3 is 5.69 Å². The average Bonchev–Trinajstić information content (AvgIpc) is 3.23. The minimum Gasteiger partial charge on any atom is -0.504 e. The zero-order chi connectivity index (χ0) is 18.8. The number of aromatic amines is 1. The van der Waals surface area contributed by atoms with Gasteiger partial charge in [0, 0.05) is 11.1 Å². The highest BCUT2D eigenvalue weighted by molar-refractivity contribution is 5.71. The van der Waals surface area contributed by atoms with Crippen molar-refractivity contribution in [2.45, 2.75) is 0 Å². The molecule has 4 aromatic rings. The van der Waals surface area contributed by atoms with Crippen molar-refractivity contribution in [1.82, 2.24) is 9.97 Å². The maximum Gasteiger partial charge on any atom is 0.345 e. The van der Waals surface area contributed by atoms with Gasteiger partial charge in [0.2, 0.25) is 0 Å². The lowest BCUT2D eigenvalue weighted by molar-refractivity contribution is 0.373. The molecule has 27 heavy (non-hydrogen) atoms. The van der Waals surface area contributed by atoms with Crippen LogP contribution in [0.5, 0.6) is 11.5 Å². The molecule has 0 radical (unpaired) electrons. The molecule has 2 aromatic heterocycles. The van der Waals surface area contributed by atoms with E-state index in [2.05, 4.69) is 9.97 Å². The van der Waals surface area contributed by atoms with Crippen molar-refractivity contribution in [2.75, 3.05) is 7.11 Å². The molecule has 0 aliphatic heterocycles. The van der Waals surface area contributed by atoms with Crippen molar-refractivity contribution in [3.8, 4) is 45.3 Å². The highest BCUT2D eigenvalue weighted by Crippen LogP contribution is 2.31. The van der Waals surface area contributed by atoms with E-state index in [0.29, 0.717) is 22.7 Å². The van der Waals surface area contributed by atoms with E-state index in [0.717, 1.165) is 16.9 Å². The quantitative estimate of drug-likeness (QED) is 0.572. The predicted octanol–water partition coefficient (Wildman–Crippen LogP) is 4.08. The lowest BCUT2D eigenvalue weighted by Crippen LogP contribution is -2.11. The summed E-state index contributed by atoms with van der Waals surface area (Å²) >= 11 is 0. The normalized spacial score (nSPS) is 10.7. The molecular weight excluding hydrogens is 344 g/mol. The van der Waals surface area contributed by atoms with E-state index in [9.17, 15) is 9.90 Å². The van der Waals surface area contributed by atoms with Crippen LogP contribution < -0.4 is 10.4 Å². The topological polar surface area (TPSA) is 88.4 Å². The van der Waals surface area contributed by atoms with E-state index in [1.807, 2.05) is 36.4 Å². The Labute approximate surface area is 154 Å². The third-order valence-corrected chi connectivity index (χ3v) is 4.22. The van der Waals surface area contributed by atoms with E-state index in [-0.39, 0.29) is 5.75 Å². The molecule has 2 aromatic carbocycles. The number of nitrogens with zero attached hydrogens (tertiary/aromatic N) is 1. The molecule has 6 heteroatoms. The Bertz CT molecular complexity index is 1130. The summed E-state index contributed by atoms with van der Waals surface area (Å²) in [4.78, 5) is 18.9. The van der Waals surface area contributed by atoms with Crippen molar-refractivity contribution >= 4 is 0 Å². The Kier molecular flexibility index (Phi) is 4.22. The number of furan rings is 1. The zero-order valence-electron chi connectivity index (χ0n) is 14.5. The molecular formula is C21H16N2O4. The molecule has 4 rings (SSSR count). The molecule has 0 aliphatic rings. The van der Waals surface area contributed by atoms with Crippen LogP contribution in [-0.2, 0) is 0 Å². The Hall–Kier alpha value is -3.80. The first-order valence-corrected chi connectivity index (χ1v) is 8.27. The fraction of sp³-hybridized carbons (Fsp3) is 0.0476. The van der Waals surface area contributed by atoms with Crippen LogP contribution in [0, 0.1) is 0 Å². The molecule has 0 aliphatic carbocycles. The molecule has 0 atom stereocenters. The van der Waals surface area contributed by atoms with E-state index < -0.39 is 5.69 Å². The average molecular weight is 360 g/mol. The second-order valence-electron chi connectivity index (χ2n) is 5.93. The van der Waals surface area contributed by atoms with Crippen molar-refractivity contribution in [1.29, 1.82) is 0 Å². The van der Waals surface area contributed by atoms with Gasteiger partial charge in [0.15, 0.2) is 11.5 Å². The number of hydrogen-bond acceptors (Lipinski definition) is 5. The van der Waals surface area contributed by atoms with Crippen LogP contribution in [0.15, 0.2) is 76.1 Å². The number of ether oxygens (including phenoxy) is 1. The van der Waals surface area contributed by atoms with Gasteiger partial charge in [-0.1, -0.05) is 24.3 Å². The Balaban J connectivity index is 1.73. The summed E-state index contributed by atoms with van der Waals surface area (Å²) in [5.74, 6) is 1.13. The fourth-order valence-electron chi connectivity index (χ4n) is 2.85. The van der Waals surface area contributed by atoms with E-state index >= 15 is 0 Å². The smallest absolute Gasteiger partial charge is 0.345 e. The molecule has 134 valence electrons. The van der Waals surface area contributed by atoms with E-state index in [1.165, 1.54) is 13.2 Å². The Morgan fingerprint density at radius 2 is 1.74 bits per heavy atom. The van der Waals surface area contributed by atoms with Gasteiger partial charge in [-0.2, -0.15) is 4.98 Å². The molecule has 0 saturated carbocycles. The predicted molar refractivity (Wildman–Crippen MR) is 102 cm³/mol. The SMILES string of the molecule is COc1cc(-c2cc(-c3ccc(-c4ccco4)cc3)[nH]c(=O)n2)ccc1O. The lowest BCUT2D eigenvalue weighted by Gasteiger charge is -2.08. The highest BCUT2D eigenvalue weighted by atomic mass is 16.5. The first kappa shape index (κ1) is 16.7. The van der Waals surface area contributed by atoms with Crippen LogP contribution in [0.25, 0.3) is 33.8 Å². The largest absolute Gasteiger partial charge is 0.504 e. The number of H-pyrrole nitrogens is 1. The minimum atomic E-state index is -0.454. The molecule has 0 saturated heterocycles. The van der Waals surface area contributed by atoms with Crippen LogP contribution in [0.2, 0.25) is 0 Å². The van der Waals surface area contributed by atoms with Gasteiger partial charge in [-0.25, -0.2) is 4.79 Å². The number of phenols is 1. The summed E-state index contributed by atoms with van der Waals surface area (Å²) in [7, 11) is 1.47. The van der Waals surface area contributed by atoms with Gasteiger partial charge in [-0.3, -0.25) is 0 Å². The standard InChI is InChI=1S/C21H16N2O4/c1-26-20-11-15(8-9-18(20)24)17-12-16(22-21(25)23-17)13-4-6-14(7-5-13)19-3-2-10-27-19/h2-12,24H,1H3,(H,22,23,25). The van der Waals surface area contributed by atoms with Crippen molar-refractivity contribution < 1.29 is 14.3 Å². The van der Waals surface area contributed by atoms with Gasteiger partial charge in [0.25, 0.3) is 0 Å². The summed E-state index contributed by atoms with van der Waals surface area (Å²) in [6.45, 7) is 0. The fourth-order valence-corrected chi connectivity index (χ4v) is 2.85. The van der Waals surface area contributed by atoms with Gasteiger partial charge < -0.3 is 19.2 Å². The number of aromatic nitrogens is 2. The van der Waals surface area contributed by atoms with Crippen molar-refractivity contribution in [2.24, 2.45) is 0 Å². The monoisotopic (exact) mass is 360 g/mol. The molecule has 0 bridgehead atoms. The summed E-state index contributed by atoms with van der Waals surface area (Å²) in [6, 6.07) is 18.0. The number of rotatable bonds is 4. The van der Waals surface area contributed by atoms with Crippen LogP contribution in [0.3, 0.4) is 0 Å². The van der Waals surface area contributed by atoms with Gasteiger partial charge in [-0.15, -0.1) is 0 Å². The number of phenolic OH excluding ortho intramolecular Hbond substituents is 1.